The lowest BCUT2D eigenvalue weighted by Crippen LogP contribution is -2.06. The Bertz CT molecular complexity index is 147. The Hall–Kier alpha value is -0.300. The predicted molar refractivity (Wildman–Crippen MR) is 58.7 cm³/mol. The highest BCUT2D eigenvalue weighted by molar-refractivity contribution is 4.96. The van der Waals surface area contributed by atoms with E-state index in [0.29, 0.717) is 5.92 Å². The van der Waals surface area contributed by atoms with Crippen LogP contribution in [0.3, 0.4) is 0 Å². The predicted octanol–water partition coefficient (Wildman–Crippen LogP) is 3.53. The molecule has 2 atom stereocenters. The van der Waals surface area contributed by atoms with E-state index in [9.17, 15) is 0 Å². The van der Waals surface area contributed by atoms with Crippen LogP contribution >= 0.6 is 0 Å². The fourth-order valence-corrected chi connectivity index (χ4v) is 1.46. The molecule has 0 heterocycles. The minimum Gasteiger partial charge on any atom is -0.393 e. The minimum absolute atomic E-state index is 0.147. The highest BCUT2D eigenvalue weighted by Crippen LogP contribution is 2.14. The summed E-state index contributed by atoms with van der Waals surface area (Å²) in [6.07, 6.45) is 6.62. The summed E-state index contributed by atoms with van der Waals surface area (Å²) < 4.78 is 0. The van der Waals surface area contributed by atoms with E-state index in [1.54, 1.807) is 0 Å². The van der Waals surface area contributed by atoms with Crippen LogP contribution < -0.4 is 0 Å². The molecule has 0 radical (unpaired) electrons. The van der Waals surface area contributed by atoms with Gasteiger partial charge in [0.05, 0.1) is 6.10 Å². The largest absolute Gasteiger partial charge is 0.393 e. The van der Waals surface area contributed by atoms with Gasteiger partial charge in [0.15, 0.2) is 0 Å². The van der Waals surface area contributed by atoms with Crippen molar-refractivity contribution in [3.05, 3.63) is 11.6 Å². The van der Waals surface area contributed by atoms with Crippen molar-refractivity contribution in [1.29, 1.82) is 0 Å². The summed E-state index contributed by atoms with van der Waals surface area (Å²) in [6, 6.07) is 0. The molecule has 1 heteroatoms. The highest BCUT2D eigenvalue weighted by atomic mass is 16.3. The zero-order valence-electron chi connectivity index (χ0n) is 9.51. The van der Waals surface area contributed by atoms with Crippen molar-refractivity contribution >= 4 is 0 Å². The molecule has 0 saturated carbocycles. The highest BCUT2D eigenvalue weighted by Gasteiger charge is 2.04. The summed E-state index contributed by atoms with van der Waals surface area (Å²) >= 11 is 0. The summed E-state index contributed by atoms with van der Waals surface area (Å²) in [6.45, 7) is 8.44. The zero-order chi connectivity index (χ0) is 10.3. The Labute approximate surface area is 82.9 Å². The minimum atomic E-state index is -0.147. The number of hydrogen-bond acceptors (Lipinski definition) is 1. The number of rotatable bonds is 6. The molecule has 0 aromatic carbocycles. The molecule has 0 amide bonds. The van der Waals surface area contributed by atoms with Crippen LogP contribution in [0.15, 0.2) is 11.6 Å². The van der Waals surface area contributed by atoms with E-state index in [1.165, 1.54) is 12.0 Å². The summed E-state index contributed by atoms with van der Waals surface area (Å²) in [4.78, 5) is 0. The Morgan fingerprint density at radius 1 is 1.38 bits per heavy atom. The summed E-state index contributed by atoms with van der Waals surface area (Å²) in [5.74, 6) is 0.640. The first-order valence-corrected chi connectivity index (χ1v) is 5.40. The van der Waals surface area contributed by atoms with Crippen LogP contribution in [0.25, 0.3) is 0 Å². The van der Waals surface area contributed by atoms with Gasteiger partial charge in [0.1, 0.15) is 0 Å². The molecule has 0 spiro atoms. The maximum Gasteiger partial charge on any atom is 0.0514 e. The molecular weight excluding hydrogens is 160 g/mol. The SMILES string of the molecule is CCC(C)=CCCC(C)CC(C)O. The van der Waals surface area contributed by atoms with Crippen molar-refractivity contribution < 1.29 is 5.11 Å². The quantitative estimate of drug-likeness (QED) is 0.626. The van der Waals surface area contributed by atoms with Gasteiger partial charge in [-0.3, -0.25) is 0 Å². The van der Waals surface area contributed by atoms with Crippen LogP contribution in [0.2, 0.25) is 0 Å². The van der Waals surface area contributed by atoms with E-state index in [2.05, 4.69) is 26.8 Å². The number of aliphatic hydroxyl groups excluding tert-OH is 1. The lowest BCUT2D eigenvalue weighted by Gasteiger charge is -2.11. The average Bonchev–Trinajstić information content (AvgIpc) is 2.02. The van der Waals surface area contributed by atoms with Gasteiger partial charge < -0.3 is 5.11 Å². The molecular formula is C12H24O. The molecule has 78 valence electrons. The van der Waals surface area contributed by atoms with E-state index >= 15 is 0 Å². The molecule has 0 aromatic rings. The first-order chi connectivity index (χ1) is 6.06. The second-order valence-corrected chi connectivity index (χ2v) is 4.17. The van der Waals surface area contributed by atoms with Crippen molar-refractivity contribution in [1.82, 2.24) is 0 Å². The number of hydrogen-bond donors (Lipinski definition) is 1. The Morgan fingerprint density at radius 2 is 2.00 bits per heavy atom. The standard InChI is InChI=1S/C12H24O/c1-5-10(2)7-6-8-11(3)9-12(4)13/h7,11-13H,5-6,8-9H2,1-4H3. The second-order valence-electron chi connectivity index (χ2n) is 4.17. The summed E-state index contributed by atoms with van der Waals surface area (Å²) in [5, 5.41) is 9.16. The van der Waals surface area contributed by atoms with Gasteiger partial charge in [-0.2, -0.15) is 0 Å². The van der Waals surface area contributed by atoms with Gasteiger partial charge in [0.2, 0.25) is 0 Å². The van der Waals surface area contributed by atoms with Crippen LogP contribution in [0.4, 0.5) is 0 Å². The van der Waals surface area contributed by atoms with Crippen molar-refractivity contribution in [3.63, 3.8) is 0 Å². The molecule has 0 bridgehead atoms. The van der Waals surface area contributed by atoms with Gasteiger partial charge in [0, 0.05) is 0 Å². The lowest BCUT2D eigenvalue weighted by atomic mass is 9.98. The Morgan fingerprint density at radius 3 is 2.46 bits per heavy atom. The van der Waals surface area contributed by atoms with Crippen LogP contribution in [0.5, 0.6) is 0 Å². The molecule has 1 nitrogen and oxygen atoms in total. The molecule has 0 saturated heterocycles. The maximum atomic E-state index is 9.16. The second kappa shape index (κ2) is 7.14. The third-order valence-corrected chi connectivity index (χ3v) is 2.45. The smallest absolute Gasteiger partial charge is 0.0514 e. The van der Waals surface area contributed by atoms with Crippen molar-refractivity contribution in [2.75, 3.05) is 0 Å². The normalized spacial score (nSPS) is 17.2. The number of aliphatic hydroxyl groups is 1. The number of allylic oxidation sites excluding steroid dienone is 2. The summed E-state index contributed by atoms with van der Waals surface area (Å²) in [7, 11) is 0. The molecule has 1 N–H and O–H groups in total. The van der Waals surface area contributed by atoms with E-state index in [1.807, 2.05) is 6.92 Å². The molecule has 0 aromatic heterocycles. The molecule has 0 rings (SSSR count). The first kappa shape index (κ1) is 12.7. The van der Waals surface area contributed by atoms with Gasteiger partial charge in [-0.15, -0.1) is 0 Å². The Kier molecular flexibility index (Phi) is 6.97. The maximum absolute atomic E-state index is 9.16. The molecule has 0 aliphatic heterocycles. The van der Waals surface area contributed by atoms with Gasteiger partial charge in [-0.1, -0.05) is 25.5 Å². The van der Waals surface area contributed by atoms with Gasteiger partial charge in [-0.05, 0) is 45.4 Å². The van der Waals surface area contributed by atoms with E-state index in [4.69, 9.17) is 5.11 Å². The summed E-state index contributed by atoms with van der Waals surface area (Å²) in [5.41, 5.74) is 1.48. The van der Waals surface area contributed by atoms with Crippen LogP contribution in [-0.4, -0.2) is 11.2 Å². The van der Waals surface area contributed by atoms with Gasteiger partial charge in [-0.25, -0.2) is 0 Å². The van der Waals surface area contributed by atoms with Crippen LogP contribution in [0, 0.1) is 5.92 Å². The fraction of sp³-hybridized carbons (Fsp3) is 0.833. The van der Waals surface area contributed by atoms with Crippen molar-refractivity contribution in [3.8, 4) is 0 Å². The molecule has 0 aliphatic carbocycles. The van der Waals surface area contributed by atoms with Crippen LogP contribution in [-0.2, 0) is 0 Å². The fourth-order valence-electron chi connectivity index (χ4n) is 1.46. The van der Waals surface area contributed by atoms with Crippen molar-refractivity contribution in [2.24, 2.45) is 5.92 Å². The first-order valence-electron chi connectivity index (χ1n) is 5.40. The zero-order valence-corrected chi connectivity index (χ0v) is 9.51. The van der Waals surface area contributed by atoms with E-state index in [-0.39, 0.29) is 6.10 Å². The van der Waals surface area contributed by atoms with Crippen LogP contribution in [0.1, 0.15) is 53.4 Å². The van der Waals surface area contributed by atoms with Crippen molar-refractivity contribution in [2.45, 2.75) is 59.5 Å². The van der Waals surface area contributed by atoms with E-state index in [0.717, 1.165) is 19.3 Å². The molecule has 0 fully saturated rings. The lowest BCUT2D eigenvalue weighted by molar-refractivity contribution is 0.162. The molecule has 2 unspecified atom stereocenters. The van der Waals surface area contributed by atoms with Gasteiger partial charge in [0.25, 0.3) is 0 Å². The Balaban J connectivity index is 3.52. The molecule has 0 aliphatic rings. The molecule has 13 heavy (non-hydrogen) atoms. The third kappa shape index (κ3) is 8.04. The topological polar surface area (TPSA) is 20.2 Å². The average molecular weight is 184 g/mol. The third-order valence-electron chi connectivity index (χ3n) is 2.45. The van der Waals surface area contributed by atoms with E-state index < -0.39 is 0 Å². The monoisotopic (exact) mass is 184 g/mol. The van der Waals surface area contributed by atoms with Gasteiger partial charge >= 0.3 is 0 Å².